The number of thiazole rings is 1. The number of carbonyl (C=O) groups excluding carboxylic acids is 2. The highest BCUT2D eigenvalue weighted by Crippen LogP contribution is 2.46. The predicted octanol–water partition coefficient (Wildman–Crippen LogP) is 6.33. The number of halogens is 3. The van der Waals surface area contributed by atoms with Gasteiger partial charge in [-0.3, -0.25) is 23.9 Å². The van der Waals surface area contributed by atoms with Crippen LogP contribution in [0.5, 0.6) is 0 Å². The van der Waals surface area contributed by atoms with Crippen molar-refractivity contribution in [3.8, 4) is 16.8 Å². The van der Waals surface area contributed by atoms with E-state index in [1.807, 2.05) is 31.7 Å². The molecule has 2 N–H and O–H groups in total. The number of nitrogens with two attached hydrogens (primary N) is 1. The summed E-state index contributed by atoms with van der Waals surface area (Å²) >= 11 is 8.23. The SMILES string of the molecule is C=C(F)C(=O)N1CC2C(=O)N(C)c3c(c4cc(Cl)c(-c5ccc(F)c6nc(N)sc56)cc4n(-c4c(C)ccnc4C(C)C)c3=O)N2CC1C. The van der Waals surface area contributed by atoms with Gasteiger partial charge in [-0.1, -0.05) is 43.4 Å². The second kappa shape index (κ2) is 11.6. The molecule has 1 saturated heterocycles. The fourth-order valence-corrected chi connectivity index (χ4v) is 8.24. The first-order valence-corrected chi connectivity index (χ1v) is 16.8. The average molecular weight is 704 g/mol. The number of hydrogen-bond acceptors (Lipinski definition) is 8. The summed E-state index contributed by atoms with van der Waals surface area (Å²) in [7, 11) is 1.52. The first-order valence-electron chi connectivity index (χ1n) is 15.6. The van der Waals surface area contributed by atoms with E-state index in [1.54, 1.807) is 35.9 Å². The number of likely N-dealkylation sites (N-methyl/N-ethyl adjacent to an activating group) is 1. The third kappa shape index (κ3) is 4.89. The molecule has 10 nitrogen and oxygen atoms in total. The number of hydrogen-bond donors (Lipinski definition) is 1. The van der Waals surface area contributed by atoms with Crippen molar-refractivity contribution < 1.29 is 18.4 Å². The van der Waals surface area contributed by atoms with Gasteiger partial charge in [0.1, 0.15) is 23.1 Å². The topological polar surface area (TPSA) is 118 Å². The number of aryl methyl sites for hydroxylation is 1. The van der Waals surface area contributed by atoms with E-state index in [2.05, 4.69) is 16.5 Å². The van der Waals surface area contributed by atoms with Crippen molar-refractivity contribution in [2.24, 2.45) is 0 Å². The Kier molecular flexibility index (Phi) is 7.75. The second-order valence-corrected chi connectivity index (χ2v) is 14.2. The Morgan fingerprint density at radius 3 is 2.55 bits per heavy atom. The van der Waals surface area contributed by atoms with Gasteiger partial charge >= 0.3 is 0 Å². The summed E-state index contributed by atoms with van der Waals surface area (Å²) in [5.74, 6) is -3.02. The molecule has 0 spiro atoms. The molecule has 1 fully saturated rings. The third-order valence-electron chi connectivity index (χ3n) is 9.41. The van der Waals surface area contributed by atoms with Crippen LogP contribution in [0.2, 0.25) is 5.02 Å². The number of pyridine rings is 2. The van der Waals surface area contributed by atoms with E-state index in [-0.39, 0.29) is 35.3 Å². The standard InChI is InChI=1S/C35H32ClF2N7O3S/c1-15(2)26-28(16(3)9-10-40-26)45-24-12-20(19-7-8-23(38)27-31(19)49-35(39)41-27)22(36)11-21(24)29-30(34(45)48)42(6)33(47)25-14-43(32(46)18(5)37)17(4)13-44(25)29/h7-12,15,17,25H,5,13-14H2,1-4,6H3,(H2,39,41). The molecular formula is C35H32ClF2N7O3S. The van der Waals surface area contributed by atoms with Gasteiger partial charge in [0.15, 0.2) is 11.0 Å². The molecule has 2 aliphatic rings. The van der Waals surface area contributed by atoms with Crippen molar-refractivity contribution in [1.29, 1.82) is 0 Å². The number of nitrogens with zero attached hydrogens (tertiary/aromatic N) is 6. The zero-order chi connectivity index (χ0) is 35.2. The summed E-state index contributed by atoms with van der Waals surface area (Å²) in [4.78, 5) is 55.0. The third-order valence-corrected chi connectivity index (χ3v) is 10.6. The number of fused-ring (bicyclic) bond motifs is 6. The number of anilines is 3. The number of rotatable bonds is 4. The number of nitrogen functional groups attached to an aromatic ring is 1. The quantitative estimate of drug-likeness (QED) is 0.217. The molecule has 14 heteroatoms. The van der Waals surface area contributed by atoms with Crippen molar-refractivity contribution in [1.82, 2.24) is 19.4 Å². The van der Waals surface area contributed by atoms with Crippen LogP contribution in [0.1, 0.15) is 37.9 Å². The van der Waals surface area contributed by atoms with Crippen LogP contribution in [0.15, 0.2) is 53.7 Å². The minimum atomic E-state index is -1.12. The van der Waals surface area contributed by atoms with Gasteiger partial charge in [-0.25, -0.2) is 13.8 Å². The van der Waals surface area contributed by atoms with Gasteiger partial charge in [0, 0.05) is 47.4 Å². The van der Waals surface area contributed by atoms with Gasteiger partial charge in [0.2, 0.25) is 0 Å². The van der Waals surface area contributed by atoms with Crippen LogP contribution in [0.3, 0.4) is 0 Å². The lowest BCUT2D eigenvalue weighted by Gasteiger charge is -2.50. The molecule has 2 amide bonds. The Morgan fingerprint density at radius 2 is 1.86 bits per heavy atom. The first-order chi connectivity index (χ1) is 23.2. The fraction of sp³-hybridized carbons (Fsp3) is 0.286. The maximum atomic E-state index is 15.0. The van der Waals surface area contributed by atoms with Gasteiger partial charge in [-0.15, -0.1) is 0 Å². The Morgan fingerprint density at radius 1 is 1.12 bits per heavy atom. The molecule has 0 aliphatic carbocycles. The Balaban J connectivity index is 1.59. The Hall–Kier alpha value is -4.88. The number of amides is 2. The molecule has 5 heterocycles. The minimum Gasteiger partial charge on any atom is -0.375 e. The highest BCUT2D eigenvalue weighted by atomic mass is 35.5. The van der Waals surface area contributed by atoms with Gasteiger partial charge in [-0.05, 0) is 55.7 Å². The predicted molar refractivity (Wildman–Crippen MR) is 190 cm³/mol. The number of benzene rings is 2. The molecule has 3 aromatic heterocycles. The summed E-state index contributed by atoms with van der Waals surface area (Å²) in [6.45, 7) is 10.8. The summed E-state index contributed by atoms with van der Waals surface area (Å²) in [5, 5.41) is 1.06. The monoisotopic (exact) mass is 703 g/mol. The van der Waals surface area contributed by atoms with Gasteiger partial charge in [0.05, 0.1) is 33.8 Å². The molecule has 7 rings (SSSR count). The number of aromatic nitrogens is 3. The maximum absolute atomic E-state index is 15.0. The largest absolute Gasteiger partial charge is 0.375 e. The highest BCUT2D eigenvalue weighted by Gasteiger charge is 2.46. The van der Waals surface area contributed by atoms with E-state index in [4.69, 9.17) is 17.3 Å². The van der Waals surface area contributed by atoms with Crippen molar-refractivity contribution in [3.63, 3.8) is 0 Å². The summed E-state index contributed by atoms with van der Waals surface area (Å²) in [6, 6.07) is 6.84. The summed E-state index contributed by atoms with van der Waals surface area (Å²) in [6.07, 6.45) is 1.69. The normalized spacial score (nSPS) is 17.7. The summed E-state index contributed by atoms with van der Waals surface area (Å²) in [5.41, 5.74) is 9.87. The lowest BCUT2D eigenvalue weighted by molar-refractivity contribution is -0.133. The van der Waals surface area contributed by atoms with E-state index < -0.39 is 41.1 Å². The molecule has 2 aliphatic heterocycles. The smallest absolute Gasteiger partial charge is 0.282 e. The molecule has 49 heavy (non-hydrogen) atoms. The van der Waals surface area contributed by atoms with Crippen molar-refractivity contribution in [2.45, 2.75) is 45.7 Å². The lowest BCUT2D eigenvalue weighted by Crippen LogP contribution is -2.66. The molecule has 0 saturated carbocycles. The van der Waals surface area contributed by atoms with Gasteiger partial charge in [0.25, 0.3) is 17.4 Å². The van der Waals surface area contributed by atoms with Crippen molar-refractivity contribution in [2.75, 3.05) is 35.7 Å². The van der Waals surface area contributed by atoms with E-state index in [9.17, 15) is 18.4 Å². The lowest BCUT2D eigenvalue weighted by atomic mass is 9.95. The molecule has 2 unspecified atom stereocenters. The number of piperazine rings is 1. The first kappa shape index (κ1) is 32.7. The second-order valence-electron chi connectivity index (χ2n) is 12.8. The van der Waals surface area contributed by atoms with Crippen LogP contribution in [0.25, 0.3) is 37.9 Å². The Bertz CT molecular complexity index is 2340. The fourth-order valence-electron chi connectivity index (χ4n) is 7.10. The van der Waals surface area contributed by atoms with Crippen LogP contribution in [0.4, 0.5) is 25.3 Å². The van der Waals surface area contributed by atoms with E-state index >= 15 is 4.79 Å². The van der Waals surface area contributed by atoms with Gasteiger partial charge in [-0.2, -0.15) is 0 Å². The van der Waals surface area contributed by atoms with E-state index in [1.165, 1.54) is 22.9 Å². The highest BCUT2D eigenvalue weighted by molar-refractivity contribution is 7.22. The van der Waals surface area contributed by atoms with Crippen molar-refractivity contribution >= 4 is 72.4 Å². The average Bonchev–Trinajstić information content (AvgIpc) is 3.45. The molecular weight excluding hydrogens is 672 g/mol. The van der Waals surface area contributed by atoms with Gasteiger partial charge < -0.3 is 20.4 Å². The molecule has 0 radical (unpaired) electrons. The zero-order valence-corrected chi connectivity index (χ0v) is 28.9. The zero-order valence-electron chi connectivity index (χ0n) is 27.3. The van der Waals surface area contributed by atoms with Crippen LogP contribution < -0.4 is 21.1 Å². The molecule has 2 atom stereocenters. The minimum absolute atomic E-state index is 0.0722. The van der Waals surface area contributed by atoms with Crippen LogP contribution in [0, 0.1) is 12.7 Å². The van der Waals surface area contributed by atoms with Crippen LogP contribution in [-0.4, -0.2) is 63.5 Å². The molecule has 2 aromatic carbocycles. The Labute approximate surface area is 289 Å². The maximum Gasteiger partial charge on any atom is 0.282 e. The molecule has 5 aromatic rings. The molecule has 252 valence electrons. The van der Waals surface area contributed by atoms with Crippen molar-refractivity contribution in [3.05, 3.63) is 81.4 Å². The number of carbonyl (C=O) groups is 2. The summed E-state index contributed by atoms with van der Waals surface area (Å²) < 4.78 is 30.9. The molecule has 0 bridgehead atoms. The van der Waals surface area contributed by atoms with Crippen LogP contribution >= 0.6 is 22.9 Å². The van der Waals surface area contributed by atoms with E-state index in [0.717, 1.165) is 16.9 Å². The van der Waals surface area contributed by atoms with E-state index in [0.29, 0.717) is 48.8 Å². The van der Waals surface area contributed by atoms with Crippen LogP contribution in [-0.2, 0) is 9.59 Å².